The van der Waals surface area contributed by atoms with Gasteiger partial charge in [-0.25, -0.2) is 9.97 Å². The number of aromatic nitrogens is 5. The van der Waals surface area contributed by atoms with Crippen molar-refractivity contribution in [2.24, 2.45) is 0 Å². The van der Waals surface area contributed by atoms with Crippen LogP contribution in [0.4, 0.5) is 5.95 Å². The molecule has 0 aliphatic rings. The van der Waals surface area contributed by atoms with Gasteiger partial charge in [0.05, 0.1) is 6.26 Å². The first-order valence-corrected chi connectivity index (χ1v) is 7.96. The van der Waals surface area contributed by atoms with Gasteiger partial charge in [-0.2, -0.15) is 4.52 Å². The SMILES string of the molecule is Nc1nc(C(=O)NCCc2ccccn2)cc2nc(-c3ccco3)nn12. The molecule has 9 heteroatoms. The minimum atomic E-state index is -0.335. The number of carbonyl (C=O) groups is 1. The van der Waals surface area contributed by atoms with E-state index in [-0.39, 0.29) is 17.5 Å². The zero-order valence-corrected chi connectivity index (χ0v) is 13.7. The van der Waals surface area contributed by atoms with Gasteiger partial charge < -0.3 is 15.5 Å². The summed E-state index contributed by atoms with van der Waals surface area (Å²) in [6.07, 6.45) is 3.87. The molecule has 0 saturated heterocycles. The molecule has 1 amide bonds. The summed E-state index contributed by atoms with van der Waals surface area (Å²) in [7, 11) is 0. The van der Waals surface area contributed by atoms with E-state index in [1.807, 2.05) is 18.2 Å². The number of hydrogen-bond acceptors (Lipinski definition) is 7. The Kier molecular flexibility index (Phi) is 4.02. The molecule has 0 saturated carbocycles. The zero-order valence-electron chi connectivity index (χ0n) is 13.7. The van der Waals surface area contributed by atoms with Crippen LogP contribution in [0.5, 0.6) is 0 Å². The van der Waals surface area contributed by atoms with Gasteiger partial charge in [0.25, 0.3) is 5.91 Å². The quantitative estimate of drug-likeness (QED) is 0.557. The molecule has 4 aromatic heterocycles. The van der Waals surface area contributed by atoms with Crippen LogP contribution in [-0.4, -0.2) is 37.0 Å². The Bertz CT molecular complexity index is 1040. The maximum Gasteiger partial charge on any atom is 0.270 e. The number of nitrogen functional groups attached to an aromatic ring is 1. The van der Waals surface area contributed by atoms with Crippen molar-refractivity contribution in [2.75, 3.05) is 12.3 Å². The first-order chi connectivity index (χ1) is 12.7. The second kappa shape index (κ2) is 6.63. The second-order valence-electron chi connectivity index (χ2n) is 5.51. The highest BCUT2D eigenvalue weighted by molar-refractivity contribution is 5.93. The molecule has 3 N–H and O–H groups in total. The molecule has 26 heavy (non-hydrogen) atoms. The van der Waals surface area contributed by atoms with Crippen molar-refractivity contribution < 1.29 is 9.21 Å². The number of rotatable bonds is 5. The minimum Gasteiger partial charge on any atom is -0.461 e. The van der Waals surface area contributed by atoms with Gasteiger partial charge in [-0.1, -0.05) is 6.07 Å². The monoisotopic (exact) mass is 349 g/mol. The highest BCUT2D eigenvalue weighted by atomic mass is 16.3. The standard InChI is InChI=1S/C17H15N7O2/c18-17-21-12(16(25)20-8-6-11-4-1-2-7-19-11)10-14-22-15(23-24(14)17)13-5-3-9-26-13/h1-5,7,9-10H,6,8H2,(H2,18,21)(H,20,25). The van der Waals surface area contributed by atoms with E-state index >= 15 is 0 Å². The molecule has 0 aliphatic heterocycles. The lowest BCUT2D eigenvalue weighted by atomic mass is 10.2. The first-order valence-electron chi connectivity index (χ1n) is 7.96. The van der Waals surface area contributed by atoms with Crippen molar-refractivity contribution in [1.29, 1.82) is 0 Å². The third-order valence-corrected chi connectivity index (χ3v) is 3.72. The molecular formula is C17H15N7O2. The predicted molar refractivity (Wildman–Crippen MR) is 93.2 cm³/mol. The number of amides is 1. The van der Waals surface area contributed by atoms with Gasteiger partial charge in [0.15, 0.2) is 11.4 Å². The van der Waals surface area contributed by atoms with E-state index in [4.69, 9.17) is 10.2 Å². The predicted octanol–water partition coefficient (Wildman–Crippen LogP) is 1.33. The maximum absolute atomic E-state index is 12.3. The van der Waals surface area contributed by atoms with Crippen molar-refractivity contribution in [1.82, 2.24) is 29.9 Å². The van der Waals surface area contributed by atoms with E-state index in [2.05, 4.69) is 25.4 Å². The fourth-order valence-corrected chi connectivity index (χ4v) is 2.48. The van der Waals surface area contributed by atoms with Crippen LogP contribution in [-0.2, 0) is 6.42 Å². The Balaban J connectivity index is 1.51. The van der Waals surface area contributed by atoms with E-state index in [9.17, 15) is 4.79 Å². The Morgan fingerprint density at radius 3 is 2.92 bits per heavy atom. The molecule has 0 spiro atoms. The van der Waals surface area contributed by atoms with E-state index in [0.717, 1.165) is 5.69 Å². The number of fused-ring (bicyclic) bond motifs is 1. The minimum absolute atomic E-state index is 0.0719. The summed E-state index contributed by atoms with van der Waals surface area (Å²) in [5, 5.41) is 7.04. The van der Waals surface area contributed by atoms with Crippen LogP contribution in [0, 0.1) is 0 Å². The molecule has 4 rings (SSSR count). The average Bonchev–Trinajstić information content (AvgIpc) is 3.32. The fraction of sp³-hybridized carbons (Fsp3) is 0.118. The number of hydrogen-bond donors (Lipinski definition) is 2. The summed E-state index contributed by atoms with van der Waals surface area (Å²) in [6, 6.07) is 10.7. The van der Waals surface area contributed by atoms with Gasteiger partial charge in [0.1, 0.15) is 5.69 Å². The van der Waals surface area contributed by atoms with Crippen LogP contribution in [0.15, 0.2) is 53.3 Å². The number of anilines is 1. The molecule has 0 radical (unpaired) electrons. The Morgan fingerprint density at radius 2 is 2.15 bits per heavy atom. The van der Waals surface area contributed by atoms with Gasteiger partial charge in [-0.3, -0.25) is 9.78 Å². The van der Waals surface area contributed by atoms with Crippen molar-refractivity contribution in [3.8, 4) is 11.6 Å². The largest absolute Gasteiger partial charge is 0.461 e. The van der Waals surface area contributed by atoms with E-state index in [0.29, 0.717) is 30.2 Å². The summed E-state index contributed by atoms with van der Waals surface area (Å²) < 4.78 is 6.64. The lowest BCUT2D eigenvalue weighted by molar-refractivity contribution is 0.0949. The molecule has 0 aromatic carbocycles. The number of furan rings is 1. The third-order valence-electron chi connectivity index (χ3n) is 3.72. The number of nitrogens with two attached hydrogens (primary N) is 1. The van der Waals surface area contributed by atoms with Gasteiger partial charge >= 0.3 is 0 Å². The number of nitrogens with one attached hydrogen (secondary N) is 1. The molecule has 0 unspecified atom stereocenters. The van der Waals surface area contributed by atoms with Crippen molar-refractivity contribution in [3.63, 3.8) is 0 Å². The Hall–Kier alpha value is -3.75. The highest BCUT2D eigenvalue weighted by Crippen LogP contribution is 2.18. The Labute approximate surface area is 147 Å². The van der Waals surface area contributed by atoms with Gasteiger partial charge in [-0.15, -0.1) is 5.10 Å². The molecule has 4 aromatic rings. The third kappa shape index (κ3) is 3.09. The van der Waals surface area contributed by atoms with Gasteiger partial charge in [-0.05, 0) is 24.3 Å². The molecule has 0 aliphatic carbocycles. The molecule has 4 heterocycles. The van der Waals surface area contributed by atoms with Crippen LogP contribution >= 0.6 is 0 Å². The highest BCUT2D eigenvalue weighted by Gasteiger charge is 2.15. The van der Waals surface area contributed by atoms with Crippen molar-refractivity contribution in [3.05, 3.63) is 60.2 Å². The van der Waals surface area contributed by atoms with Crippen molar-refractivity contribution in [2.45, 2.75) is 6.42 Å². The van der Waals surface area contributed by atoms with Crippen LogP contribution in [0.3, 0.4) is 0 Å². The Morgan fingerprint density at radius 1 is 1.23 bits per heavy atom. The number of carbonyl (C=O) groups excluding carboxylic acids is 1. The molecule has 9 nitrogen and oxygen atoms in total. The van der Waals surface area contributed by atoms with Crippen LogP contribution in [0.25, 0.3) is 17.2 Å². The summed E-state index contributed by atoms with van der Waals surface area (Å²) in [6.45, 7) is 0.437. The molecule has 130 valence electrons. The molecule has 0 fully saturated rings. The van der Waals surface area contributed by atoms with Gasteiger partial charge in [0, 0.05) is 30.9 Å². The fourth-order valence-electron chi connectivity index (χ4n) is 2.48. The second-order valence-corrected chi connectivity index (χ2v) is 5.51. The summed E-state index contributed by atoms with van der Waals surface area (Å²) in [5.74, 6) is 0.617. The van der Waals surface area contributed by atoms with Gasteiger partial charge in [0.2, 0.25) is 11.8 Å². The molecule has 0 atom stereocenters. The summed E-state index contributed by atoms with van der Waals surface area (Å²) >= 11 is 0. The van der Waals surface area contributed by atoms with Crippen LogP contribution < -0.4 is 11.1 Å². The molecule has 0 bridgehead atoms. The van der Waals surface area contributed by atoms with E-state index in [1.54, 1.807) is 18.3 Å². The summed E-state index contributed by atoms with van der Waals surface area (Å²) in [4.78, 5) is 25.0. The topological polar surface area (TPSA) is 124 Å². The van der Waals surface area contributed by atoms with E-state index in [1.165, 1.54) is 16.8 Å². The maximum atomic E-state index is 12.3. The smallest absolute Gasteiger partial charge is 0.270 e. The zero-order chi connectivity index (χ0) is 17.9. The van der Waals surface area contributed by atoms with E-state index < -0.39 is 0 Å². The number of nitrogens with zero attached hydrogens (tertiary/aromatic N) is 5. The van der Waals surface area contributed by atoms with Crippen molar-refractivity contribution >= 4 is 17.5 Å². The van der Waals surface area contributed by atoms with Crippen LogP contribution in [0.2, 0.25) is 0 Å². The lowest BCUT2D eigenvalue weighted by Crippen LogP contribution is -2.27. The number of pyridine rings is 1. The molecular weight excluding hydrogens is 334 g/mol. The normalized spacial score (nSPS) is 10.9. The average molecular weight is 349 g/mol. The lowest BCUT2D eigenvalue weighted by Gasteiger charge is -2.05. The van der Waals surface area contributed by atoms with Crippen LogP contribution in [0.1, 0.15) is 16.2 Å². The summed E-state index contributed by atoms with van der Waals surface area (Å²) in [5.41, 5.74) is 7.40. The first kappa shape index (κ1) is 15.8.